The van der Waals surface area contributed by atoms with Crippen LogP contribution in [0.2, 0.25) is 0 Å². The summed E-state index contributed by atoms with van der Waals surface area (Å²) in [6.07, 6.45) is -0.101. The highest BCUT2D eigenvalue weighted by atomic mass is 32.2. The van der Waals surface area contributed by atoms with Crippen LogP contribution in [0.15, 0.2) is 47.4 Å². The zero-order valence-corrected chi connectivity index (χ0v) is 17.7. The Bertz CT molecular complexity index is 1130. The Balaban J connectivity index is 1.47. The van der Waals surface area contributed by atoms with Gasteiger partial charge in [-0.05, 0) is 36.8 Å². The van der Waals surface area contributed by atoms with Gasteiger partial charge in [-0.2, -0.15) is 4.31 Å². The second-order valence-electron chi connectivity index (χ2n) is 7.34. The molecule has 2 heterocycles. The molecule has 2 aliphatic rings. The van der Waals surface area contributed by atoms with Crippen molar-refractivity contribution in [3.63, 3.8) is 0 Å². The van der Waals surface area contributed by atoms with Crippen LogP contribution in [0, 0.1) is 5.82 Å². The van der Waals surface area contributed by atoms with Crippen LogP contribution in [-0.4, -0.2) is 61.7 Å². The van der Waals surface area contributed by atoms with E-state index < -0.39 is 27.9 Å². The number of rotatable bonds is 4. The molecule has 164 valence electrons. The smallest absolute Gasteiger partial charge is 0.265 e. The molecule has 0 aromatic heterocycles. The van der Waals surface area contributed by atoms with Crippen molar-refractivity contribution in [2.24, 2.45) is 0 Å². The van der Waals surface area contributed by atoms with Gasteiger partial charge in [-0.1, -0.05) is 19.1 Å². The molecule has 8 nitrogen and oxygen atoms in total. The average molecular weight is 447 g/mol. The molecule has 0 spiro atoms. The molecular weight excluding hydrogens is 425 g/mol. The lowest BCUT2D eigenvalue weighted by atomic mass is 10.1. The first kappa shape index (κ1) is 21.3. The number of carbonyl (C=O) groups excluding carboxylic acids is 2. The van der Waals surface area contributed by atoms with Crippen LogP contribution in [0.3, 0.4) is 0 Å². The average Bonchev–Trinajstić information content (AvgIpc) is 2.78. The third kappa shape index (κ3) is 4.00. The SMILES string of the molecule is CC[C@H]1Oc2ccc(S(=O)(=O)N3CCN(C(=O)c4ccccc4F)CC3)cc2NC1=O. The zero-order valence-electron chi connectivity index (χ0n) is 16.9. The molecule has 0 saturated carbocycles. The van der Waals surface area contributed by atoms with Gasteiger partial charge in [-0.25, -0.2) is 12.8 Å². The van der Waals surface area contributed by atoms with E-state index in [1.165, 1.54) is 45.6 Å². The lowest BCUT2D eigenvalue weighted by molar-refractivity contribution is -0.123. The van der Waals surface area contributed by atoms with Crippen LogP contribution in [0.4, 0.5) is 10.1 Å². The van der Waals surface area contributed by atoms with Gasteiger partial charge in [0.15, 0.2) is 6.10 Å². The van der Waals surface area contributed by atoms with Crippen molar-refractivity contribution >= 4 is 27.5 Å². The summed E-state index contributed by atoms with van der Waals surface area (Å²) in [5.41, 5.74) is 0.277. The predicted octanol–water partition coefficient (Wildman–Crippen LogP) is 2.08. The summed E-state index contributed by atoms with van der Waals surface area (Å²) in [6.45, 7) is 2.29. The van der Waals surface area contributed by atoms with Crippen LogP contribution in [0.25, 0.3) is 0 Å². The quantitative estimate of drug-likeness (QED) is 0.774. The fourth-order valence-electron chi connectivity index (χ4n) is 3.64. The molecule has 2 amide bonds. The molecule has 1 fully saturated rings. The van der Waals surface area contributed by atoms with E-state index in [1.807, 2.05) is 6.92 Å². The highest BCUT2D eigenvalue weighted by Crippen LogP contribution is 2.33. The van der Waals surface area contributed by atoms with E-state index >= 15 is 0 Å². The predicted molar refractivity (Wildman–Crippen MR) is 111 cm³/mol. The minimum Gasteiger partial charge on any atom is -0.478 e. The molecule has 0 radical (unpaired) electrons. The number of anilines is 1. The zero-order chi connectivity index (χ0) is 22.2. The van der Waals surface area contributed by atoms with Crippen molar-refractivity contribution in [2.75, 3.05) is 31.5 Å². The molecule has 0 aliphatic carbocycles. The van der Waals surface area contributed by atoms with E-state index in [0.717, 1.165) is 0 Å². The fraction of sp³-hybridized carbons (Fsp3) is 0.333. The van der Waals surface area contributed by atoms with E-state index in [1.54, 1.807) is 6.07 Å². The van der Waals surface area contributed by atoms with Crippen molar-refractivity contribution in [3.8, 4) is 5.75 Å². The standard InChI is InChI=1S/C21H22FN3O5S/c1-2-18-20(26)23-17-13-14(7-8-19(17)30-18)31(28,29)25-11-9-24(10-12-25)21(27)15-5-3-4-6-16(15)22/h3-8,13,18H,2,9-12H2,1H3,(H,23,26)/t18-/m1/s1. The largest absolute Gasteiger partial charge is 0.478 e. The Hall–Kier alpha value is -2.98. The first-order valence-electron chi connectivity index (χ1n) is 9.97. The molecule has 2 aromatic carbocycles. The van der Waals surface area contributed by atoms with Crippen LogP contribution in [0.5, 0.6) is 5.75 Å². The van der Waals surface area contributed by atoms with E-state index in [9.17, 15) is 22.4 Å². The minimum absolute atomic E-state index is 0.0268. The first-order chi connectivity index (χ1) is 14.8. The maximum Gasteiger partial charge on any atom is 0.265 e. The summed E-state index contributed by atoms with van der Waals surface area (Å²) >= 11 is 0. The second-order valence-corrected chi connectivity index (χ2v) is 9.28. The number of nitrogens with zero attached hydrogens (tertiary/aromatic N) is 2. The maximum absolute atomic E-state index is 13.9. The molecule has 1 saturated heterocycles. The summed E-state index contributed by atoms with van der Waals surface area (Å²) in [5.74, 6) is -0.962. The van der Waals surface area contributed by atoms with Gasteiger partial charge >= 0.3 is 0 Å². The number of carbonyl (C=O) groups is 2. The van der Waals surface area contributed by atoms with Gasteiger partial charge < -0.3 is 15.0 Å². The number of piperazine rings is 1. The first-order valence-corrected chi connectivity index (χ1v) is 11.4. The van der Waals surface area contributed by atoms with Crippen molar-refractivity contribution < 1.29 is 27.1 Å². The summed E-state index contributed by atoms with van der Waals surface area (Å²) in [4.78, 5) is 26.1. The summed E-state index contributed by atoms with van der Waals surface area (Å²) in [6, 6.07) is 10.1. The fourth-order valence-corrected chi connectivity index (χ4v) is 5.09. The molecule has 2 aromatic rings. The number of benzene rings is 2. The molecular formula is C21H22FN3O5S. The number of nitrogens with one attached hydrogen (secondary N) is 1. The van der Waals surface area contributed by atoms with E-state index in [0.29, 0.717) is 17.9 Å². The number of sulfonamides is 1. The molecule has 4 rings (SSSR count). The second kappa shape index (κ2) is 8.27. The highest BCUT2D eigenvalue weighted by Gasteiger charge is 2.33. The van der Waals surface area contributed by atoms with E-state index in [-0.39, 0.29) is 42.5 Å². The molecule has 31 heavy (non-hydrogen) atoms. The van der Waals surface area contributed by atoms with Crippen LogP contribution in [-0.2, 0) is 14.8 Å². The molecule has 2 aliphatic heterocycles. The molecule has 1 N–H and O–H groups in total. The van der Waals surface area contributed by atoms with Gasteiger partial charge in [0.2, 0.25) is 10.0 Å². The highest BCUT2D eigenvalue weighted by molar-refractivity contribution is 7.89. The van der Waals surface area contributed by atoms with Crippen LogP contribution >= 0.6 is 0 Å². The van der Waals surface area contributed by atoms with Gasteiger partial charge in [-0.3, -0.25) is 9.59 Å². The number of halogens is 1. The van der Waals surface area contributed by atoms with Crippen LogP contribution < -0.4 is 10.1 Å². The van der Waals surface area contributed by atoms with Crippen molar-refractivity contribution in [3.05, 3.63) is 53.8 Å². The van der Waals surface area contributed by atoms with E-state index in [4.69, 9.17) is 4.74 Å². The minimum atomic E-state index is -3.84. The Morgan fingerprint density at radius 2 is 1.87 bits per heavy atom. The summed E-state index contributed by atoms with van der Waals surface area (Å²) < 4.78 is 47.0. The number of ether oxygens (including phenoxy) is 1. The number of amides is 2. The molecule has 0 bridgehead atoms. The molecule has 0 unspecified atom stereocenters. The third-order valence-electron chi connectivity index (χ3n) is 5.41. The Labute approximate surface area is 179 Å². The topological polar surface area (TPSA) is 96.0 Å². The van der Waals surface area contributed by atoms with Crippen LogP contribution in [0.1, 0.15) is 23.7 Å². The van der Waals surface area contributed by atoms with Crippen molar-refractivity contribution in [2.45, 2.75) is 24.3 Å². The Kier molecular flexibility index (Phi) is 5.67. The van der Waals surface area contributed by atoms with Gasteiger partial charge in [0, 0.05) is 26.2 Å². The number of hydrogen-bond donors (Lipinski definition) is 1. The van der Waals surface area contributed by atoms with Crippen molar-refractivity contribution in [1.82, 2.24) is 9.21 Å². The number of fused-ring (bicyclic) bond motifs is 1. The summed E-state index contributed by atoms with van der Waals surface area (Å²) in [5, 5.41) is 2.69. The lowest BCUT2D eigenvalue weighted by Crippen LogP contribution is -2.50. The maximum atomic E-state index is 13.9. The van der Waals surface area contributed by atoms with Crippen molar-refractivity contribution in [1.29, 1.82) is 0 Å². The van der Waals surface area contributed by atoms with Gasteiger partial charge in [0.1, 0.15) is 11.6 Å². The normalized spacial score (nSPS) is 19.4. The third-order valence-corrected chi connectivity index (χ3v) is 7.30. The van der Waals surface area contributed by atoms with Gasteiger partial charge in [-0.15, -0.1) is 0 Å². The summed E-state index contributed by atoms with van der Waals surface area (Å²) in [7, 11) is -3.84. The van der Waals surface area contributed by atoms with Gasteiger partial charge in [0.05, 0.1) is 16.1 Å². The monoisotopic (exact) mass is 447 g/mol. The van der Waals surface area contributed by atoms with E-state index in [2.05, 4.69) is 5.32 Å². The Morgan fingerprint density at radius 3 is 2.55 bits per heavy atom. The number of hydrogen-bond acceptors (Lipinski definition) is 5. The molecule has 1 atom stereocenters. The Morgan fingerprint density at radius 1 is 1.16 bits per heavy atom. The van der Waals surface area contributed by atoms with Gasteiger partial charge in [0.25, 0.3) is 11.8 Å². The lowest BCUT2D eigenvalue weighted by Gasteiger charge is -2.34. The molecule has 10 heteroatoms.